The molecular weight excluding hydrogens is 130 g/mol. The fraction of sp³-hybridized carbons (Fsp3) is 0.429. The molecule has 0 bridgehead atoms. The quantitative estimate of drug-likeness (QED) is 0.598. The third kappa shape index (κ3) is 2.14. The molecule has 0 atom stereocenters. The van der Waals surface area contributed by atoms with Crippen LogP contribution in [0, 0.1) is 0 Å². The lowest BCUT2D eigenvalue weighted by Gasteiger charge is -1.91. The van der Waals surface area contributed by atoms with Gasteiger partial charge in [0.25, 0.3) is 0 Å². The van der Waals surface area contributed by atoms with Gasteiger partial charge in [0, 0.05) is 11.9 Å². The van der Waals surface area contributed by atoms with E-state index >= 15 is 0 Å². The van der Waals surface area contributed by atoms with Crippen LogP contribution in [0.25, 0.3) is 0 Å². The topological polar surface area (TPSA) is 15.8 Å². The van der Waals surface area contributed by atoms with Crippen LogP contribution in [0.1, 0.15) is 12.1 Å². The standard InChI is InChI=1S/C7H11NS/c9-6-2-4-7-3-1-5-8-7/h1,3,5,8-9H,2,4,6H2. The van der Waals surface area contributed by atoms with Gasteiger partial charge in [0.05, 0.1) is 0 Å². The summed E-state index contributed by atoms with van der Waals surface area (Å²) in [6, 6.07) is 4.12. The summed E-state index contributed by atoms with van der Waals surface area (Å²) in [5.74, 6) is 0.971. The van der Waals surface area contributed by atoms with E-state index in [1.54, 1.807) is 0 Å². The molecule has 0 aliphatic rings. The number of aromatic nitrogens is 1. The minimum atomic E-state index is 0.971. The number of aryl methyl sites for hydroxylation is 1. The van der Waals surface area contributed by atoms with E-state index in [-0.39, 0.29) is 0 Å². The molecule has 1 aromatic rings. The van der Waals surface area contributed by atoms with Crippen LogP contribution in [0.2, 0.25) is 0 Å². The second-order valence-corrected chi connectivity index (χ2v) is 2.47. The van der Waals surface area contributed by atoms with Crippen LogP contribution < -0.4 is 0 Å². The largest absolute Gasteiger partial charge is 0.365 e. The Morgan fingerprint density at radius 2 is 2.44 bits per heavy atom. The lowest BCUT2D eigenvalue weighted by Crippen LogP contribution is -1.84. The highest BCUT2D eigenvalue weighted by Gasteiger charge is 1.88. The van der Waals surface area contributed by atoms with E-state index in [4.69, 9.17) is 0 Å². The highest BCUT2D eigenvalue weighted by atomic mass is 32.1. The van der Waals surface area contributed by atoms with E-state index in [1.807, 2.05) is 12.3 Å². The van der Waals surface area contributed by atoms with Gasteiger partial charge in [0.2, 0.25) is 0 Å². The highest BCUT2D eigenvalue weighted by molar-refractivity contribution is 7.80. The van der Waals surface area contributed by atoms with Gasteiger partial charge >= 0.3 is 0 Å². The van der Waals surface area contributed by atoms with Crippen molar-refractivity contribution in [2.24, 2.45) is 0 Å². The van der Waals surface area contributed by atoms with Crippen molar-refractivity contribution in [3.05, 3.63) is 24.0 Å². The van der Waals surface area contributed by atoms with E-state index in [9.17, 15) is 0 Å². The Morgan fingerprint density at radius 3 is 3.00 bits per heavy atom. The van der Waals surface area contributed by atoms with Crippen molar-refractivity contribution in [2.75, 3.05) is 5.75 Å². The molecule has 1 aromatic heterocycles. The van der Waals surface area contributed by atoms with Crippen LogP contribution in [0.3, 0.4) is 0 Å². The number of H-pyrrole nitrogens is 1. The molecule has 2 heteroatoms. The van der Waals surface area contributed by atoms with Crippen LogP contribution in [0.15, 0.2) is 18.3 Å². The van der Waals surface area contributed by atoms with Crippen LogP contribution in [0.5, 0.6) is 0 Å². The molecule has 1 N–H and O–H groups in total. The monoisotopic (exact) mass is 141 g/mol. The van der Waals surface area contributed by atoms with Gasteiger partial charge in [-0.2, -0.15) is 12.6 Å². The Hall–Kier alpha value is -0.370. The summed E-state index contributed by atoms with van der Waals surface area (Å²) in [7, 11) is 0. The summed E-state index contributed by atoms with van der Waals surface area (Å²) in [5, 5.41) is 0. The Balaban J connectivity index is 2.30. The molecule has 0 spiro atoms. The molecular formula is C7H11NS. The number of nitrogens with one attached hydrogen (secondary N) is 1. The third-order valence-corrected chi connectivity index (χ3v) is 1.58. The summed E-state index contributed by atoms with van der Waals surface area (Å²) in [4.78, 5) is 3.14. The van der Waals surface area contributed by atoms with E-state index < -0.39 is 0 Å². The Kier molecular flexibility index (Phi) is 2.71. The van der Waals surface area contributed by atoms with Gasteiger partial charge in [-0.1, -0.05) is 0 Å². The van der Waals surface area contributed by atoms with Gasteiger partial charge < -0.3 is 4.98 Å². The van der Waals surface area contributed by atoms with Crippen molar-refractivity contribution in [1.82, 2.24) is 4.98 Å². The predicted octanol–water partition coefficient (Wildman–Crippen LogP) is 1.88. The van der Waals surface area contributed by atoms with Crippen LogP contribution in [-0.4, -0.2) is 10.7 Å². The fourth-order valence-corrected chi connectivity index (χ4v) is 0.951. The Bertz CT molecular complexity index is 146. The predicted molar refractivity (Wildman–Crippen MR) is 43.0 cm³/mol. The molecule has 1 heterocycles. The SMILES string of the molecule is SCCCc1ccc[nH]1. The zero-order valence-corrected chi connectivity index (χ0v) is 6.20. The number of rotatable bonds is 3. The van der Waals surface area contributed by atoms with Crippen molar-refractivity contribution in [3.8, 4) is 0 Å². The van der Waals surface area contributed by atoms with Crippen molar-refractivity contribution in [2.45, 2.75) is 12.8 Å². The van der Waals surface area contributed by atoms with E-state index in [2.05, 4.69) is 23.7 Å². The summed E-state index contributed by atoms with van der Waals surface area (Å²) in [6.07, 6.45) is 4.23. The van der Waals surface area contributed by atoms with Gasteiger partial charge in [-0.25, -0.2) is 0 Å². The van der Waals surface area contributed by atoms with Crippen molar-refractivity contribution in [3.63, 3.8) is 0 Å². The summed E-state index contributed by atoms with van der Waals surface area (Å²) in [6.45, 7) is 0. The molecule has 0 saturated heterocycles. The molecule has 0 saturated carbocycles. The molecule has 9 heavy (non-hydrogen) atoms. The first-order valence-electron chi connectivity index (χ1n) is 3.16. The minimum absolute atomic E-state index is 0.971. The van der Waals surface area contributed by atoms with Gasteiger partial charge in [-0.05, 0) is 30.7 Å². The average molecular weight is 141 g/mol. The number of hydrogen-bond donors (Lipinski definition) is 2. The van der Waals surface area contributed by atoms with Gasteiger partial charge in [0.15, 0.2) is 0 Å². The molecule has 1 rings (SSSR count). The van der Waals surface area contributed by atoms with Crippen molar-refractivity contribution in [1.29, 1.82) is 0 Å². The van der Waals surface area contributed by atoms with E-state index in [1.165, 1.54) is 5.69 Å². The molecule has 0 fully saturated rings. The maximum atomic E-state index is 4.12. The molecule has 1 nitrogen and oxygen atoms in total. The zero-order chi connectivity index (χ0) is 6.53. The van der Waals surface area contributed by atoms with E-state index in [0.29, 0.717) is 0 Å². The molecule has 0 unspecified atom stereocenters. The molecule has 0 aliphatic heterocycles. The van der Waals surface area contributed by atoms with Crippen LogP contribution >= 0.6 is 12.6 Å². The summed E-state index contributed by atoms with van der Waals surface area (Å²) >= 11 is 4.12. The van der Waals surface area contributed by atoms with Gasteiger partial charge in [-0.15, -0.1) is 0 Å². The summed E-state index contributed by atoms with van der Waals surface area (Å²) < 4.78 is 0. The first-order chi connectivity index (χ1) is 4.43. The highest BCUT2D eigenvalue weighted by Crippen LogP contribution is 1.98. The fourth-order valence-electron chi connectivity index (χ4n) is 0.793. The number of aromatic amines is 1. The molecule has 0 radical (unpaired) electrons. The van der Waals surface area contributed by atoms with Crippen LogP contribution in [0.4, 0.5) is 0 Å². The lowest BCUT2D eigenvalue weighted by atomic mass is 10.3. The molecule has 0 aliphatic carbocycles. The molecule has 0 amide bonds. The first-order valence-corrected chi connectivity index (χ1v) is 3.80. The average Bonchev–Trinajstić information content (AvgIpc) is 2.34. The smallest absolute Gasteiger partial charge is 0.0147 e. The molecule has 0 aromatic carbocycles. The first kappa shape index (κ1) is 6.75. The van der Waals surface area contributed by atoms with Crippen molar-refractivity contribution >= 4 is 12.6 Å². The summed E-state index contributed by atoms with van der Waals surface area (Å²) in [5.41, 5.74) is 1.31. The normalized spacial score (nSPS) is 9.89. The second-order valence-electron chi connectivity index (χ2n) is 2.02. The lowest BCUT2D eigenvalue weighted by molar-refractivity contribution is 0.905. The Morgan fingerprint density at radius 1 is 1.56 bits per heavy atom. The third-order valence-electron chi connectivity index (χ3n) is 1.27. The zero-order valence-electron chi connectivity index (χ0n) is 5.30. The van der Waals surface area contributed by atoms with Gasteiger partial charge in [0.1, 0.15) is 0 Å². The maximum Gasteiger partial charge on any atom is 0.0147 e. The number of hydrogen-bond acceptors (Lipinski definition) is 1. The van der Waals surface area contributed by atoms with Crippen LogP contribution in [-0.2, 0) is 6.42 Å². The van der Waals surface area contributed by atoms with Gasteiger partial charge in [-0.3, -0.25) is 0 Å². The second kappa shape index (κ2) is 3.62. The minimum Gasteiger partial charge on any atom is -0.365 e. The van der Waals surface area contributed by atoms with E-state index in [0.717, 1.165) is 18.6 Å². The Labute approximate surface area is 60.9 Å². The maximum absolute atomic E-state index is 4.12. The van der Waals surface area contributed by atoms with Crippen molar-refractivity contribution < 1.29 is 0 Å². The molecule has 50 valence electrons. The number of thiol groups is 1.